The minimum absolute atomic E-state index is 0.247. The summed E-state index contributed by atoms with van der Waals surface area (Å²) in [6.07, 6.45) is 0. The second-order valence-corrected chi connectivity index (χ2v) is 5.53. The van der Waals surface area contributed by atoms with Crippen molar-refractivity contribution in [3.8, 4) is 0 Å². The summed E-state index contributed by atoms with van der Waals surface area (Å²) in [7, 11) is 0. The van der Waals surface area contributed by atoms with Gasteiger partial charge in [-0.25, -0.2) is 4.39 Å². The molecule has 0 N–H and O–H groups in total. The highest BCUT2D eigenvalue weighted by Crippen LogP contribution is 2.36. The summed E-state index contributed by atoms with van der Waals surface area (Å²) < 4.78 is 13.3. The van der Waals surface area contributed by atoms with Crippen molar-refractivity contribution in [2.75, 3.05) is 0 Å². The van der Waals surface area contributed by atoms with E-state index in [0.29, 0.717) is 0 Å². The molecule has 2 aromatic carbocycles. The van der Waals surface area contributed by atoms with Crippen molar-refractivity contribution in [1.29, 1.82) is 0 Å². The van der Waals surface area contributed by atoms with Gasteiger partial charge in [0, 0.05) is 0 Å². The van der Waals surface area contributed by atoms with Gasteiger partial charge in [-0.05, 0) is 73.2 Å². The Labute approximate surface area is 119 Å². The Hall–Kier alpha value is -1.34. The van der Waals surface area contributed by atoms with Gasteiger partial charge >= 0.3 is 0 Å². The minimum Gasteiger partial charge on any atom is -0.207 e. The first-order valence-electron chi connectivity index (χ1n) is 6.38. The van der Waals surface area contributed by atoms with Crippen molar-refractivity contribution in [3.05, 3.63) is 69.5 Å². The van der Waals surface area contributed by atoms with E-state index in [4.69, 9.17) is 11.6 Å². The van der Waals surface area contributed by atoms with E-state index in [-0.39, 0.29) is 11.2 Å². The molecule has 1 atom stereocenters. The molecular formula is C17H18ClF. The van der Waals surface area contributed by atoms with E-state index in [1.54, 1.807) is 6.07 Å². The number of hydrogen-bond donors (Lipinski definition) is 0. The lowest BCUT2D eigenvalue weighted by Gasteiger charge is -2.20. The predicted octanol–water partition coefficient (Wildman–Crippen LogP) is 5.39. The molecule has 19 heavy (non-hydrogen) atoms. The maximum absolute atomic E-state index is 13.3. The van der Waals surface area contributed by atoms with Gasteiger partial charge in [-0.2, -0.15) is 0 Å². The zero-order valence-corrected chi connectivity index (χ0v) is 12.5. The van der Waals surface area contributed by atoms with Crippen LogP contribution in [0.4, 0.5) is 4.39 Å². The standard InChI is InChI=1S/C17H18ClF/c1-10-8-11(2)13(4)16(12(10)3)17(18)14-6-5-7-15(19)9-14/h5-9,17H,1-4H3. The lowest BCUT2D eigenvalue weighted by Crippen LogP contribution is -2.03. The maximum atomic E-state index is 13.3. The van der Waals surface area contributed by atoms with Gasteiger partial charge in [0.15, 0.2) is 0 Å². The summed E-state index contributed by atoms with van der Waals surface area (Å²) in [6, 6.07) is 8.69. The fraction of sp³-hybridized carbons (Fsp3) is 0.294. The van der Waals surface area contributed by atoms with Crippen LogP contribution in [0.25, 0.3) is 0 Å². The molecule has 0 heterocycles. The number of aryl methyl sites for hydroxylation is 2. The van der Waals surface area contributed by atoms with Crippen molar-refractivity contribution in [2.45, 2.75) is 33.1 Å². The average Bonchev–Trinajstić information content (AvgIpc) is 2.36. The highest BCUT2D eigenvalue weighted by molar-refractivity contribution is 6.22. The fourth-order valence-electron chi connectivity index (χ4n) is 2.46. The number of rotatable bonds is 2. The SMILES string of the molecule is Cc1cc(C)c(C)c(C(Cl)c2cccc(F)c2)c1C. The van der Waals surface area contributed by atoms with Crippen LogP contribution < -0.4 is 0 Å². The molecule has 1 unspecified atom stereocenters. The molecule has 0 aliphatic carbocycles. The van der Waals surface area contributed by atoms with Crippen LogP contribution >= 0.6 is 11.6 Å². The summed E-state index contributed by atoms with van der Waals surface area (Å²) in [5.41, 5.74) is 6.72. The lowest BCUT2D eigenvalue weighted by atomic mass is 9.90. The van der Waals surface area contributed by atoms with Gasteiger partial charge in [0.2, 0.25) is 0 Å². The van der Waals surface area contributed by atoms with Crippen LogP contribution in [0.1, 0.15) is 38.8 Å². The first-order chi connectivity index (χ1) is 8.91. The summed E-state index contributed by atoms with van der Waals surface area (Å²) in [5.74, 6) is -0.247. The van der Waals surface area contributed by atoms with Gasteiger partial charge < -0.3 is 0 Å². The molecule has 0 aromatic heterocycles. The second kappa shape index (κ2) is 5.34. The normalized spacial score (nSPS) is 12.5. The molecule has 0 nitrogen and oxygen atoms in total. The third kappa shape index (κ3) is 2.66. The summed E-state index contributed by atoms with van der Waals surface area (Å²) in [5, 5.41) is -0.311. The minimum atomic E-state index is -0.311. The number of halogens is 2. The summed E-state index contributed by atoms with van der Waals surface area (Å²) in [6.45, 7) is 8.32. The van der Waals surface area contributed by atoms with E-state index in [2.05, 4.69) is 33.8 Å². The van der Waals surface area contributed by atoms with E-state index in [9.17, 15) is 4.39 Å². The average molecular weight is 277 g/mol. The van der Waals surface area contributed by atoms with Gasteiger partial charge in [0.1, 0.15) is 5.82 Å². The Bertz CT molecular complexity index is 591. The van der Waals surface area contributed by atoms with Crippen LogP contribution in [-0.4, -0.2) is 0 Å². The molecule has 0 radical (unpaired) electrons. The second-order valence-electron chi connectivity index (χ2n) is 5.09. The van der Waals surface area contributed by atoms with Crippen molar-refractivity contribution >= 4 is 11.6 Å². The van der Waals surface area contributed by atoms with Gasteiger partial charge in [0.25, 0.3) is 0 Å². The molecular weight excluding hydrogens is 259 g/mol. The van der Waals surface area contributed by atoms with Gasteiger partial charge in [-0.15, -0.1) is 11.6 Å². The van der Waals surface area contributed by atoms with E-state index < -0.39 is 0 Å². The number of alkyl halides is 1. The quantitative estimate of drug-likeness (QED) is 0.645. The van der Waals surface area contributed by atoms with Crippen LogP contribution in [-0.2, 0) is 0 Å². The van der Waals surface area contributed by atoms with Crippen LogP contribution in [0.2, 0.25) is 0 Å². The third-order valence-corrected chi connectivity index (χ3v) is 4.29. The molecule has 0 spiro atoms. The summed E-state index contributed by atoms with van der Waals surface area (Å²) in [4.78, 5) is 0. The zero-order valence-electron chi connectivity index (χ0n) is 11.7. The molecule has 0 aliphatic heterocycles. The Balaban J connectivity index is 2.59. The van der Waals surface area contributed by atoms with Crippen LogP contribution in [0.5, 0.6) is 0 Å². The van der Waals surface area contributed by atoms with E-state index in [1.807, 2.05) is 6.07 Å². The molecule has 0 aliphatic rings. The largest absolute Gasteiger partial charge is 0.207 e. The number of benzene rings is 2. The Morgan fingerprint density at radius 1 is 0.947 bits per heavy atom. The molecule has 2 heteroatoms. The molecule has 0 fully saturated rings. The zero-order chi connectivity index (χ0) is 14.2. The first kappa shape index (κ1) is 14.1. The fourth-order valence-corrected chi connectivity index (χ4v) is 2.92. The van der Waals surface area contributed by atoms with Crippen molar-refractivity contribution in [1.82, 2.24) is 0 Å². The van der Waals surface area contributed by atoms with Gasteiger partial charge in [-0.1, -0.05) is 18.2 Å². The van der Waals surface area contributed by atoms with Crippen LogP contribution in [0, 0.1) is 33.5 Å². The van der Waals surface area contributed by atoms with Crippen molar-refractivity contribution < 1.29 is 4.39 Å². The lowest BCUT2D eigenvalue weighted by molar-refractivity contribution is 0.625. The smallest absolute Gasteiger partial charge is 0.123 e. The maximum Gasteiger partial charge on any atom is 0.123 e. The van der Waals surface area contributed by atoms with Crippen molar-refractivity contribution in [3.63, 3.8) is 0 Å². The highest BCUT2D eigenvalue weighted by atomic mass is 35.5. The van der Waals surface area contributed by atoms with Crippen LogP contribution in [0.15, 0.2) is 30.3 Å². The Morgan fingerprint density at radius 2 is 1.53 bits per heavy atom. The van der Waals surface area contributed by atoms with E-state index in [1.165, 1.54) is 34.4 Å². The van der Waals surface area contributed by atoms with Gasteiger partial charge in [0.05, 0.1) is 5.38 Å². The van der Waals surface area contributed by atoms with E-state index >= 15 is 0 Å². The Kier molecular flexibility index (Phi) is 3.96. The van der Waals surface area contributed by atoms with Gasteiger partial charge in [-0.3, -0.25) is 0 Å². The molecule has 2 aromatic rings. The molecule has 0 bridgehead atoms. The first-order valence-corrected chi connectivity index (χ1v) is 6.82. The Morgan fingerprint density at radius 3 is 2.05 bits per heavy atom. The molecule has 0 saturated heterocycles. The highest BCUT2D eigenvalue weighted by Gasteiger charge is 2.18. The monoisotopic (exact) mass is 276 g/mol. The molecule has 0 saturated carbocycles. The number of hydrogen-bond acceptors (Lipinski definition) is 0. The van der Waals surface area contributed by atoms with E-state index in [0.717, 1.165) is 11.1 Å². The van der Waals surface area contributed by atoms with Crippen LogP contribution in [0.3, 0.4) is 0 Å². The summed E-state index contributed by atoms with van der Waals surface area (Å²) >= 11 is 6.59. The molecule has 100 valence electrons. The molecule has 0 amide bonds. The predicted molar refractivity (Wildman–Crippen MR) is 79.5 cm³/mol. The van der Waals surface area contributed by atoms with Crippen molar-refractivity contribution in [2.24, 2.45) is 0 Å². The topological polar surface area (TPSA) is 0 Å². The molecule has 2 rings (SSSR count). The third-order valence-electron chi connectivity index (χ3n) is 3.82.